The number of aromatic nitrogens is 1. The molecule has 0 spiro atoms. The van der Waals surface area contributed by atoms with Gasteiger partial charge in [-0.3, -0.25) is 14.9 Å². The SMILES string of the molecule is Cc1cccc(N2C(=O)NC(=O)/C(=C\c3cc(C)n(-c4ccc(Cl)cc4)c3C)C2=O)c1C. The molecule has 0 atom stereocenters. The van der Waals surface area contributed by atoms with Crippen molar-refractivity contribution in [3.8, 4) is 5.69 Å². The lowest BCUT2D eigenvalue weighted by molar-refractivity contribution is -0.122. The summed E-state index contributed by atoms with van der Waals surface area (Å²) in [5.41, 5.74) is 5.52. The summed E-state index contributed by atoms with van der Waals surface area (Å²) in [5, 5.41) is 2.93. The lowest BCUT2D eigenvalue weighted by Crippen LogP contribution is -2.54. The van der Waals surface area contributed by atoms with Gasteiger partial charge >= 0.3 is 6.03 Å². The number of carbonyl (C=O) groups excluding carboxylic acids is 3. The number of halogens is 1. The van der Waals surface area contributed by atoms with E-state index in [1.54, 1.807) is 24.3 Å². The van der Waals surface area contributed by atoms with Crippen LogP contribution in [0.1, 0.15) is 28.1 Å². The van der Waals surface area contributed by atoms with Gasteiger partial charge in [0, 0.05) is 22.1 Å². The van der Waals surface area contributed by atoms with Crippen LogP contribution in [0.2, 0.25) is 5.02 Å². The van der Waals surface area contributed by atoms with E-state index in [-0.39, 0.29) is 5.57 Å². The fourth-order valence-corrected chi connectivity index (χ4v) is 4.06. The summed E-state index contributed by atoms with van der Waals surface area (Å²) in [4.78, 5) is 39.4. The molecular weight excluding hydrogens is 426 g/mol. The molecule has 32 heavy (non-hydrogen) atoms. The maximum absolute atomic E-state index is 13.3. The minimum absolute atomic E-state index is 0.0955. The zero-order chi connectivity index (χ0) is 23.2. The van der Waals surface area contributed by atoms with Gasteiger partial charge < -0.3 is 4.57 Å². The average Bonchev–Trinajstić information content (AvgIpc) is 3.02. The average molecular weight is 448 g/mol. The number of nitrogens with one attached hydrogen (secondary N) is 1. The lowest BCUT2D eigenvalue weighted by atomic mass is 10.0. The van der Waals surface area contributed by atoms with Crippen LogP contribution in [0.4, 0.5) is 10.5 Å². The van der Waals surface area contributed by atoms with E-state index in [2.05, 4.69) is 5.32 Å². The number of aryl methyl sites for hydroxylation is 2. The molecule has 6 nitrogen and oxygen atoms in total. The minimum atomic E-state index is -0.752. The Balaban J connectivity index is 1.78. The molecule has 4 amide bonds. The summed E-state index contributed by atoms with van der Waals surface area (Å²) in [6.07, 6.45) is 1.54. The second-order valence-electron chi connectivity index (χ2n) is 7.82. The molecular formula is C25H22ClN3O3. The molecule has 4 rings (SSSR count). The highest BCUT2D eigenvalue weighted by Gasteiger charge is 2.37. The normalized spacial score (nSPS) is 15.5. The standard InChI is InChI=1S/C25H22ClN3O3/c1-14-6-5-7-22(16(14)3)29-24(31)21(23(30)27-25(29)32)13-18-12-15(2)28(17(18)4)20-10-8-19(26)9-11-20/h5-13H,1-4H3,(H,27,30,32)/b21-13+. The Labute approximate surface area is 191 Å². The highest BCUT2D eigenvalue weighted by Crippen LogP contribution is 2.29. The molecule has 1 saturated heterocycles. The van der Waals surface area contributed by atoms with Gasteiger partial charge in [0.2, 0.25) is 0 Å². The lowest BCUT2D eigenvalue weighted by Gasteiger charge is -2.28. The van der Waals surface area contributed by atoms with E-state index in [4.69, 9.17) is 11.6 Å². The molecule has 0 radical (unpaired) electrons. The van der Waals surface area contributed by atoms with Gasteiger partial charge in [-0.1, -0.05) is 23.7 Å². The molecule has 1 aliphatic rings. The summed E-state index contributed by atoms with van der Waals surface area (Å²) in [6.45, 7) is 7.59. The Bertz CT molecular complexity index is 1300. The van der Waals surface area contributed by atoms with E-state index < -0.39 is 17.8 Å². The molecule has 0 bridgehead atoms. The first-order valence-corrected chi connectivity index (χ1v) is 10.5. The summed E-state index contributed by atoms with van der Waals surface area (Å²) >= 11 is 6.01. The molecule has 2 heterocycles. The van der Waals surface area contributed by atoms with Gasteiger partial charge in [0.25, 0.3) is 11.8 Å². The largest absolute Gasteiger partial charge is 0.335 e. The van der Waals surface area contributed by atoms with Crippen LogP contribution in [0, 0.1) is 27.7 Å². The van der Waals surface area contributed by atoms with Gasteiger partial charge in [0.05, 0.1) is 5.69 Å². The highest BCUT2D eigenvalue weighted by atomic mass is 35.5. The molecule has 7 heteroatoms. The van der Waals surface area contributed by atoms with Crippen molar-refractivity contribution in [3.63, 3.8) is 0 Å². The first-order chi connectivity index (χ1) is 15.2. The third-order valence-corrected chi connectivity index (χ3v) is 6.03. The van der Waals surface area contributed by atoms with Crippen molar-refractivity contribution in [1.29, 1.82) is 0 Å². The second kappa shape index (κ2) is 8.13. The molecule has 1 aromatic heterocycles. The number of anilines is 1. The highest BCUT2D eigenvalue weighted by molar-refractivity contribution is 6.39. The van der Waals surface area contributed by atoms with Crippen molar-refractivity contribution in [1.82, 2.24) is 9.88 Å². The van der Waals surface area contributed by atoms with Crippen LogP contribution in [0.15, 0.2) is 54.1 Å². The maximum Gasteiger partial charge on any atom is 0.335 e. The van der Waals surface area contributed by atoms with E-state index in [0.717, 1.165) is 33.1 Å². The smallest absolute Gasteiger partial charge is 0.318 e. The van der Waals surface area contributed by atoms with E-state index in [1.807, 2.05) is 56.5 Å². The van der Waals surface area contributed by atoms with Crippen molar-refractivity contribution >= 4 is 41.2 Å². The molecule has 1 fully saturated rings. The van der Waals surface area contributed by atoms with Crippen molar-refractivity contribution < 1.29 is 14.4 Å². The zero-order valence-corrected chi connectivity index (χ0v) is 18.9. The number of urea groups is 1. The number of benzene rings is 2. The van der Waals surface area contributed by atoms with Crippen LogP contribution < -0.4 is 10.2 Å². The van der Waals surface area contributed by atoms with Gasteiger partial charge in [-0.05, 0) is 86.9 Å². The third-order valence-electron chi connectivity index (χ3n) is 5.77. The van der Waals surface area contributed by atoms with Crippen LogP contribution in [-0.2, 0) is 9.59 Å². The van der Waals surface area contributed by atoms with Gasteiger partial charge in [-0.25, -0.2) is 9.69 Å². The Morgan fingerprint density at radius 2 is 1.62 bits per heavy atom. The Kier molecular flexibility index (Phi) is 5.48. The number of barbiturate groups is 1. The van der Waals surface area contributed by atoms with Crippen LogP contribution in [-0.4, -0.2) is 22.4 Å². The van der Waals surface area contributed by atoms with E-state index in [1.165, 1.54) is 6.08 Å². The van der Waals surface area contributed by atoms with Crippen LogP contribution >= 0.6 is 11.6 Å². The molecule has 2 aromatic carbocycles. The van der Waals surface area contributed by atoms with Crippen LogP contribution in [0.3, 0.4) is 0 Å². The summed E-state index contributed by atoms with van der Waals surface area (Å²) in [6, 6.07) is 13.9. The fourth-order valence-electron chi connectivity index (χ4n) is 3.93. The topological polar surface area (TPSA) is 71.4 Å². The number of hydrogen-bond donors (Lipinski definition) is 1. The molecule has 0 saturated carbocycles. The van der Waals surface area contributed by atoms with Gasteiger partial charge in [0.15, 0.2) is 0 Å². The van der Waals surface area contributed by atoms with Crippen molar-refractivity contribution in [2.75, 3.05) is 4.90 Å². The number of nitrogens with zero attached hydrogens (tertiary/aromatic N) is 2. The number of carbonyl (C=O) groups is 3. The van der Waals surface area contributed by atoms with Gasteiger partial charge in [-0.15, -0.1) is 0 Å². The summed E-state index contributed by atoms with van der Waals surface area (Å²) in [5.74, 6) is -1.36. The summed E-state index contributed by atoms with van der Waals surface area (Å²) in [7, 11) is 0. The first-order valence-electron chi connectivity index (χ1n) is 10.1. The Morgan fingerprint density at radius 1 is 0.938 bits per heavy atom. The number of imide groups is 2. The van der Waals surface area contributed by atoms with Gasteiger partial charge in [-0.2, -0.15) is 0 Å². The number of hydrogen-bond acceptors (Lipinski definition) is 3. The number of amides is 4. The quantitative estimate of drug-likeness (QED) is 0.452. The predicted octanol–water partition coefficient (Wildman–Crippen LogP) is 5.03. The molecule has 0 aliphatic carbocycles. The van der Waals surface area contributed by atoms with Gasteiger partial charge in [0.1, 0.15) is 5.57 Å². The molecule has 0 unspecified atom stereocenters. The van der Waals surface area contributed by atoms with Crippen molar-refractivity contribution in [2.24, 2.45) is 0 Å². The molecule has 1 aliphatic heterocycles. The Hall–Kier alpha value is -3.64. The molecule has 3 aromatic rings. The second-order valence-corrected chi connectivity index (χ2v) is 8.25. The van der Waals surface area contributed by atoms with Crippen LogP contribution in [0.25, 0.3) is 11.8 Å². The fraction of sp³-hybridized carbons (Fsp3) is 0.160. The monoisotopic (exact) mass is 447 g/mol. The van der Waals surface area contributed by atoms with Crippen molar-refractivity contribution in [3.05, 3.63) is 87.2 Å². The minimum Gasteiger partial charge on any atom is -0.318 e. The first kappa shape index (κ1) is 21.6. The van der Waals surface area contributed by atoms with Crippen LogP contribution in [0.5, 0.6) is 0 Å². The third kappa shape index (κ3) is 3.63. The summed E-state index contributed by atoms with van der Waals surface area (Å²) < 4.78 is 2.02. The van der Waals surface area contributed by atoms with E-state index >= 15 is 0 Å². The maximum atomic E-state index is 13.3. The number of rotatable bonds is 3. The Morgan fingerprint density at radius 3 is 2.31 bits per heavy atom. The van der Waals surface area contributed by atoms with E-state index in [0.29, 0.717) is 16.3 Å². The molecule has 1 N–H and O–H groups in total. The van der Waals surface area contributed by atoms with E-state index in [9.17, 15) is 14.4 Å². The zero-order valence-electron chi connectivity index (χ0n) is 18.2. The molecule has 162 valence electrons. The van der Waals surface area contributed by atoms with Crippen molar-refractivity contribution in [2.45, 2.75) is 27.7 Å². The predicted molar refractivity (Wildman–Crippen MR) is 125 cm³/mol.